The number of halogens is 3. The van der Waals surface area contributed by atoms with Crippen molar-refractivity contribution in [2.75, 3.05) is 28.0 Å². The van der Waals surface area contributed by atoms with Crippen molar-refractivity contribution < 1.29 is 26.4 Å². The molecule has 7 nitrogen and oxygen atoms in total. The second kappa shape index (κ2) is 9.34. The monoisotopic (exact) mass is 490 g/mol. The normalized spacial score (nSPS) is 14.1. The van der Waals surface area contributed by atoms with Crippen molar-refractivity contribution in [3.63, 3.8) is 0 Å². The number of nitrogens with zero attached hydrogens (tertiary/aromatic N) is 2. The van der Waals surface area contributed by atoms with Crippen molar-refractivity contribution in [1.82, 2.24) is 4.98 Å². The Kier molecular flexibility index (Phi) is 6.47. The van der Waals surface area contributed by atoms with Gasteiger partial charge >= 0.3 is 6.18 Å². The third-order valence-electron chi connectivity index (χ3n) is 5.33. The standard InChI is InChI=1S/C23H21F3N4O3S/c24-23(25,26)17-4-3-5-18(14-17)29-34(32,33)20-9-6-16(7-10-20)22(31)28-21-11-8-19(15-27-21)30-12-1-2-13-30/h3-11,14-15,29H,1-2,12-13H2,(H,27,28,31). The molecule has 1 aliphatic rings. The Morgan fingerprint density at radius 1 is 0.971 bits per heavy atom. The van der Waals surface area contributed by atoms with Gasteiger partial charge in [-0.25, -0.2) is 13.4 Å². The van der Waals surface area contributed by atoms with Crippen LogP contribution in [0.15, 0.2) is 71.8 Å². The van der Waals surface area contributed by atoms with Gasteiger partial charge in [-0.1, -0.05) is 6.07 Å². The zero-order valence-electron chi connectivity index (χ0n) is 17.8. The maximum absolute atomic E-state index is 12.9. The molecule has 2 heterocycles. The number of rotatable bonds is 6. The number of amides is 1. The van der Waals surface area contributed by atoms with Gasteiger partial charge < -0.3 is 10.2 Å². The average molecular weight is 491 g/mol. The lowest BCUT2D eigenvalue weighted by atomic mass is 10.2. The zero-order chi connectivity index (χ0) is 24.3. The molecule has 1 aliphatic heterocycles. The number of anilines is 3. The first-order valence-electron chi connectivity index (χ1n) is 10.4. The molecule has 178 valence electrons. The van der Waals surface area contributed by atoms with Crippen LogP contribution in [-0.4, -0.2) is 32.4 Å². The van der Waals surface area contributed by atoms with Crippen LogP contribution in [0.25, 0.3) is 0 Å². The quantitative estimate of drug-likeness (QED) is 0.520. The molecule has 1 aromatic heterocycles. The molecule has 0 radical (unpaired) electrons. The van der Waals surface area contributed by atoms with E-state index in [2.05, 4.69) is 19.9 Å². The van der Waals surface area contributed by atoms with E-state index in [9.17, 15) is 26.4 Å². The molecule has 0 spiro atoms. The number of carbonyl (C=O) groups excluding carboxylic acids is 1. The Labute approximate surface area is 194 Å². The lowest BCUT2D eigenvalue weighted by molar-refractivity contribution is -0.137. The summed E-state index contributed by atoms with van der Waals surface area (Å²) in [6, 6.07) is 12.5. The number of hydrogen-bond donors (Lipinski definition) is 2. The molecule has 0 atom stereocenters. The van der Waals surface area contributed by atoms with E-state index in [1.165, 1.54) is 30.3 Å². The Balaban J connectivity index is 1.42. The smallest absolute Gasteiger partial charge is 0.370 e. The van der Waals surface area contributed by atoms with Gasteiger partial charge in [0.1, 0.15) is 5.82 Å². The van der Waals surface area contributed by atoms with E-state index in [0.717, 1.165) is 43.8 Å². The van der Waals surface area contributed by atoms with Crippen molar-refractivity contribution in [3.05, 3.63) is 78.0 Å². The van der Waals surface area contributed by atoms with Crippen LogP contribution in [0.1, 0.15) is 28.8 Å². The summed E-state index contributed by atoms with van der Waals surface area (Å²) in [5, 5.41) is 2.65. The van der Waals surface area contributed by atoms with Crippen LogP contribution < -0.4 is 14.9 Å². The number of aromatic nitrogens is 1. The molecule has 0 bridgehead atoms. The largest absolute Gasteiger partial charge is 0.416 e. The van der Waals surface area contributed by atoms with Crippen LogP contribution in [0.5, 0.6) is 0 Å². The highest BCUT2D eigenvalue weighted by molar-refractivity contribution is 7.92. The lowest BCUT2D eigenvalue weighted by Crippen LogP contribution is -2.18. The molecular weight excluding hydrogens is 469 g/mol. The zero-order valence-corrected chi connectivity index (χ0v) is 18.7. The highest BCUT2D eigenvalue weighted by Crippen LogP contribution is 2.31. The first-order chi connectivity index (χ1) is 16.1. The second-order valence-electron chi connectivity index (χ2n) is 7.76. The molecule has 0 unspecified atom stereocenters. The molecule has 34 heavy (non-hydrogen) atoms. The number of alkyl halides is 3. The molecule has 0 saturated carbocycles. The Morgan fingerprint density at radius 3 is 2.29 bits per heavy atom. The molecule has 3 aromatic rings. The van der Waals surface area contributed by atoms with Crippen LogP contribution >= 0.6 is 0 Å². The minimum Gasteiger partial charge on any atom is -0.370 e. The average Bonchev–Trinajstić information content (AvgIpc) is 3.34. The summed E-state index contributed by atoms with van der Waals surface area (Å²) < 4.78 is 65.9. The fourth-order valence-electron chi connectivity index (χ4n) is 3.57. The van der Waals surface area contributed by atoms with Gasteiger partial charge in [0.25, 0.3) is 15.9 Å². The summed E-state index contributed by atoms with van der Waals surface area (Å²) >= 11 is 0. The molecule has 1 saturated heterocycles. The van der Waals surface area contributed by atoms with Crippen molar-refractivity contribution >= 4 is 33.1 Å². The molecule has 2 N–H and O–H groups in total. The third kappa shape index (κ3) is 5.48. The van der Waals surface area contributed by atoms with Crippen LogP contribution in [0.2, 0.25) is 0 Å². The number of hydrogen-bond acceptors (Lipinski definition) is 5. The van der Waals surface area contributed by atoms with Gasteiger partial charge in [0.15, 0.2) is 0 Å². The molecule has 4 rings (SSSR count). The highest BCUT2D eigenvalue weighted by Gasteiger charge is 2.30. The number of nitrogens with one attached hydrogen (secondary N) is 2. The van der Waals surface area contributed by atoms with E-state index in [0.29, 0.717) is 11.9 Å². The molecule has 1 amide bonds. The van der Waals surface area contributed by atoms with E-state index < -0.39 is 27.7 Å². The topological polar surface area (TPSA) is 91.4 Å². The summed E-state index contributed by atoms with van der Waals surface area (Å²) in [6.07, 6.45) is -0.630. The predicted molar refractivity (Wildman–Crippen MR) is 122 cm³/mol. The van der Waals surface area contributed by atoms with Crippen molar-refractivity contribution in [1.29, 1.82) is 0 Å². The van der Waals surface area contributed by atoms with Crippen molar-refractivity contribution in [3.8, 4) is 0 Å². The van der Waals surface area contributed by atoms with E-state index >= 15 is 0 Å². The van der Waals surface area contributed by atoms with E-state index in [1.807, 2.05) is 6.07 Å². The fourth-order valence-corrected chi connectivity index (χ4v) is 4.62. The summed E-state index contributed by atoms with van der Waals surface area (Å²) in [7, 11) is -4.16. The first-order valence-corrected chi connectivity index (χ1v) is 11.9. The summed E-state index contributed by atoms with van der Waals surface area (Å²) in [4.78, 5) is 18.8. The Morgan fingerprint density at radius 2 is 1.68 bits per heavy atom. The number of benzene rings is 2. The minimum atomic E-state index is -4.60. The van der Waals surface area contributed by atoms with Crippen molar-refractivity contribution in [2.45, 2.75) is 23.9 Å². The second-order valence-corrected chi connectivity index (χ2v) is 9.44. The third-order valence-corrected chi connectivity index (χ3v) is 6.73. The highest BCUT2D eigenvalue weighted by atomic mass is 32.2. The molecule has 2 aromatic carbocycles. The van der Waals surface area contributed by atoms with Crippen molar-refractivity contribution in [2.24, 2.45) is 0 Å². The van der Waals surface area contributed by atoms with Crippen LogP contribution in [0, 0.1) is 0 Å². The Hall–Kier alpha value is -3.60. The van der Waals surface area contributed by atoms with Gasteiger partial charge in [0.05, 0.1) is 22.3 Å². The summed E-state index contributed by atoms with van der Waals surface area (Å²) in [6.45, 7) is 1.95. The molecular formula is C23H21F3N4O3S. The van der Waals surface area contributed by atoms with Gasteiger partial charge in [-0.05, 0) is 67.4 Å². The van der Waals surface area contributed by atoms with Gasteiger partial charge in [0, 0.05) is 24.3 Å². The molecule has 1 fully saturated rings. The van der Waals surface area contributed by atoms with Crippen LogP contribution in [0.3, 0.4) is 0 Å². The molecule has 0 aliphatic carbocycles. The van der Waals surface area contributed by atoms with E-state index in [4.69, 9.17) is 0 Å². The van der Waals surface area contributed by atoms with E-state index in [1.54, 1.807) is 12.3 Å². The van der Waals surface area contributed by atoms with Crippen LogP contribution in [-0.2, 0) is 16.2 Å². The fraction of sp³-hybridized carbons (Fsp3) is 0.217. The summed E-state index contributed by atoms with van der Waals surface area (Å²) in [5.41, 5.74) is -0.0105. The van der Waals surface area contributed by atoms with Gasteiger partial charge in [0.2, 0.25) is 0 Å². The first kappa shape index (κ1) is 23.6. The maximum Gasteiger partial charge on any atom is 0.416 e. The maximum atomic E-state index is 12.9. The lowest BCUT2D eigenvalue weighted by Gasteiger charge is -2.17. The van der Waals surface area contributed by atoms with Gasteiger partial charge in [-0.15, -0.1) is 0 Å². The SMILES string of the molecule is O=C(Nc1ccc(N2CCCC2)cn1)c1ccc(S(=O)(=O)Nc2cccc(C(F)(F)F)c2)cc1. The number of carbonyl (C=O) groups is 1. The van der Waals surface area contributed by atoms with Gasteiger partial charge in [-0.3, -0.25) is 9.52 Å². The summed E-state index contributed by atoms with van der Waals surface area (Å²) in [5.74, 6) is -0.118. The molecule has 11 heteroatoms. The Bertz CT molecular complexity index is 1270. The number of pyridine rings is 1. The van der Waals surface area contributed by atoms with Gasteiger partial charge in [-0.2, -0.15) is 13.2 Å². The predicted octanol–water partition coefficient (Wildman–Crippen LogP) is 4.75. The number of sulfonamides is 1. The van der Waals surface area contributed by atoms with Crippen LogP contribution in [0.4, 0.5) is 30.4 Å². The van der Waals surface area contributed by atoms with E-state index in [-0.39, 0.29) is 16.1 Å². The minimum absolute atomic E-state index is 0.198.